The van der Waals surface area contributed by atoms with E-state index in [2.05, 4.69) is 17.3 Å². The Morgan fingerprint density at radius 3 is 2.25 bits per heavy atom. The van der Waals surface area contributed by atoms with Crippen molar-refractivity contribution in [1.29, 1.82) is 0 Å². The summed E-state index contributed by atoms with van der Waals surface area (Å²) in [5.74, 6) is 0.774. The summed E-state index contributed by atoms with van der Waals surface area (Å²) in [6.45, 7) is 2.38. The molecule has 0 aliphatic heterocycles. The van der Waals surface area contributed by atoms with Crippen LogP contribution < -0.4 is 5.32 Å². The van der Waals surface area contributed by atoms with Crippen LogP contribution in [0.5, 0.6) is 0 Å². The Morgan fingerprint density at radius 1 is 0.950 bits per heavy atom. The predicted molar refractivity (Wildman–Crippen MR) is 85.0 cm³/mol. The Labute approximate surface area is 125 Å². The van der Waals surface area contributed by atoms with Gasteiger partial charge >= 0.3 is 0 Å². The lowest BCUT2D eigenvalue weighted by Gasteiger charge is -2.38. The zero-order chi connectivity index (χ0) is 14.2. The van der Waals surface area contributed by atoms with Crippen LogP contribution in [0, 0.1) is 5.92 Å². The SMILES string of the molecule is CNC1CCCCCC1CN(CCO)C1CCCCC1. The van der Waals surface area contributed by atoms with Gasteiger partial charge in [0.25, 0.3) is 0 Å². The van der Waals surface area contributed by atoms with Gasteiger partial charge in [0.2, 0.25) is 0 Å². The molecule has 0 saturated heterocycles. The van der Waals surface area contributed by atoms with Crippen molar-refractivity contribution in [2.75, 3.05) is 26.7 Å². The molecule has 2 fully saturated rings. The second-order valence-electron chi connectivity index (χ2n) is 6.80. The van der Waals surface area contributed by atoms with Gasteiger partial charge in [-0.1, -0.05) is 38.5 Å². The minimum absolute atomic E-state index is 0.313. The van der Waals surface area contributed by atoms with Gasteiger partial charge < -0.3 is 10.4 Å². The molecule has 0 heterocycles. The fourth-order valence-electron chi connectivity index (χ4n) is 4.28. The van der Waals surface area contributed by atoms with Crippen molar-refractivity contribution < 1.29 is 5.11 Å². The van der Waals surface area contributed by atoms with Gasteiger partial charge in [0.05, 0.1) is 6.61 Å². The third-order valence-electron chi connectivity index (χ3n) is 5.48. The molecule has 3 nitrogen and oxygen atoms in total. The summed E-state index contributed by atoms with van der Waals surface area (Å²) < 4.78 is 0. The molecule has 0 aromatic rings. The first-order valence-electron chi connectivity index (χ1n) is 8.87. The largest absolute Gasteiger partial charge is 0.395 e. The summed E-state index contributed by atoms with van der Waals surface area (Å²) in [6.07, 6.45) is 13.7. The molecule has 0 amide bonds. The fourth-order valence-corrected chi connectivity index (χ4v) is 4.28. The molecule has 0 bridgehead atoms. The van der Waals surface area contributed by atoms with Crippen molar-refractivity contribution in [2.24, 2.45) is 5.92 Å². The predicted octanol–water partition coefficient (Wildman–Crippen LogP) is 2.78. The van der Waals surface area contributed by atoms with Crippen LogP contribution >= 0.6 is 0 Å². The maximum absolute atomic E-state index is 9.42. The van der Waals surface area contributed by atoms with Gasteiger partial charge in [-0.2, -0.15) is 0 Å². The van der Waals surface area contributed by atoms with E-state index in [0.29, 0.717) is 12.6 Å². The fraction of sp³-hybridized carbons (Fsp3) is 1.00. The molecular weight excluding hydrogens is 248 g/mol. The molecule has 2 rings (SSSR count). The van der Waals surface area contributed by atoms with Crippen molar-refractivity contribution in [3.8, 4) is 0 Å². The maximum Gasteiger partial charge on any atom is 0.0558 e. The monoisotopic (exact) mass is 282 g/mol. The van der Waals surface area contributed by atoms with Crippen LogP contribution in [0.25, 0.3) is 0 Å². The van der Waals surface area contributed by atoms with Crippen molar-refractivity contribution >= 4 is 0 Å². The molecule has 0 radical (unpaired) electrons. The second-order valence-corrected chi connectivity index (χ2v) is 6.80. The Bertz CT molecular complexity index is 253. The highest BCUT2D eigenvalue weighted by atomic mass is 16.3. The van der Waals surface area contributed by atoms with Gasteiger partial charge in [-0.25, -0.2) is 0 Å². The molecule has 2 N–H and O–H groups in total. The highest BCUT2D eigenvalue weighted by molar-refractivity contribution is 4.84. The van der Waals surface area contributed by atoms with Crippen molar-refractivity contribution in [1.82, 2.24) is 10.2 Å². The molecule has 3 heteroatoms. The Hall–Kier alpha value is -0.120. The van der Waals surface area contributed by atoms with E-state index in [9.17, 15) is 5.11 Å². The van der Waals surface area contributed by atoms with Gasteiger partial charge in [-0.05, 0) is 38.6 Å². The van der Waals surface area contributed by atoms with Gasteiger partial charge in [0, 0.05) is 25.2 Å². The van der Waals surface area contributed by atoms with E-state index in [1.54, 1.807) is 0 Å². The summed E-state index contributed by atoms with van der Waals surface area (Å²) in [5, 5.41) is 13.0. The highest BCUT2D eigenvalue weighted by Crippen LogP contribution is 2.28. The number of rotatable bonds is 6. The molecule has 20 heavy (non-hydrogen) atoms. The normalized spacial score (nSPS) is 29.6. The number of nitrogens with zero attached hydrogens (tertiary/aromatic N) is 1. The molecule has 2 atom stereocenters. The zero-order valence-electron chi connectivity index (χ0n) is 13.3. The maximum atomic E-state index is 9.42. The van der Waals surface area contributed by atoms with Gasteiger partial charge in [0.15, 0.2) is 0 Å². The Kier molecular flexibility index (Phi) is 7.32. The van der Waals surface area contributed by atoms with E-state index < -0.39 is 0 Å². The number of hydrogen-bond donors (Lipinski definition) is 2. The van der Waals surface area contributed by atoms with E-state index in [-0.39, 0.29) is 0 Å². The first kappa shape index (κ1) is 16.3. The Morgan fingerprint density at radius 2 is 1.60 bits per heavy atom. The minimum atomic E-state index is 0.313. The van der Waals surface area contributed by atoms with Crippen LogP contribution in [0.15, 0.2) is 0 Å². The average molecular weight is 282 g/mol. The van der Waals surface area contributed by atoms with E-state index in [0.717, 1.165) is 18.5 Å². The lowest BCUT2D eigenvalue weighted by Crippen LogP contribution is -2.46. The Balaban J connectivity index is 1.93. The van der Waals surface area contributed by atoms with E-state index in [4.69, 9.17) is 0 Å². The summed E-state index contributed by atoms with van der Waals surface area (Å²) in [5.41, 5.74) is 0. The first-order chi connectivity index (χ1) is 9.85. The smallest absolute Gasteiger partial charge is 0.0558 e. The number of aliphatic hydroxyl groups excluding tert-OH is 1. The van der Waals surface area contributed by atoms with Crippen molar-refractivity contribution in [3.63, 3.8) is 0 Å². The standard InChI is InChI=1S/C17H34N2O/c1-18-17-11-7-2-4-8-15(17)14-19(12-13-20)16-9-5-3-6-10-16/h15-18,20H,2-14H2,1H3. The highest BCUT2D eigenvalue weighted by Gasteiger charge is 2.28. The van der Waals surface area contributed by atoms with Gasteiger partial charge in [0.1, 0.15) is 0 Å². The molecule has 0 spiro atoms. The van der Waals surface area contributed by atoms with Gasteiger partial charge in [-0.15, -0.1) is 0 Å². The van der Waals surface area contributed by atoms with E-state index >= 15 is 0 Å². The van der Waals surface area contributed by atoms with Crippen molar-refractivity contribution in [3.05, 3.63) is 0 Å². The first-order valence-corrected chi connectivity index (χ1v) is 8.87. The topological polar surface area (TPSA) is 35.5 Å². The van der Waals surface area contributed by atoms with Gasteiger partial charge in [-0.3, -0.25) is 4.90 Å². The van der Waals surface area contributed by atoms with Crippen LogP contribution in [0.2, 0.25) is 0 Å². The number of hydrogen-bond acceptors (Lipinski definition) is 3. The molecular formula is C17H34N2O. The molecule has 2 unspecified atom stereocenters. The number of aliphatic hydroxyl groups is 1. The van der Waals surface area contributed by atoms with Crippen LogP contribution in [0.4, 0.5) is 0 Å². The summed E-state index contributed by atoms with van der Waals surface area (Å²) >= 11 is 0. The van der Waals surface area contributed by atoms with Crippen LogP contribution in [0.1, 0.15) is 64.2 Å². The lowest BCUT2D eigenvalue weighted by atomic mass is 9.90. The average Bonchev–Trinajstić information content (AvgIpc) is 2.72. The third-order valence-corrected chi connectivity index (χ3v) is 5.48. The minimum Gasteiger partial charge on any atom is -0.395 e. The van der Waals surface area contributed by atoms with Crippen LogP contribution in [-0.4, -0.2) is 48.8 Å². The summed E-state index contributed by atoms with van der Waals surface area (Å²) in [6, 6.07) is 1.42. The molecule has 2 aliphatic rings. The molecule has 118 valence electrons. The molecule has 0 aromatic heterocycles. The van der Waals surface area contributed by atoms with Crippen LogP contribution in [-0.2, 0) is 0 Å². The van der Waals surface area contributed by atoms with Crippen molar-refractivity contribution in [2.45, 2.75) is 76.3 Å². The molecule has 0 aromatic carbocycles. The second kappa shape index (κ2) is 9.01. The third kappa shape index (κ3) is 4.71. The molecule has 2 aliphatic carbocycles. The lowest BCUT2D eigenvalue weighted by molar-refractivity contribution is 0.0956. The van der Waals surface area contributed by atoms with Crippen LogP contribution in [0.3, 0.4) is 0 Å². The summed E-state index contributed by atoms with van der Waals surface area (Å²) in [4.78, 5) is 2.61. The van der Waals surface area contributed by atoms with E-state index in [1.807, 2.05) is 0 Å². The zero-order valence-corrected chi connectivity index (χ0v) is 13.3. The van der Waals surface area contributed by atoms with E-state index in [1.165, 1.54) is 70.8 Å². The molecule has 2 saturated carbocycles. The number of nitrogens with one attached hydrogen (secondary N) is 1. The quantitative estimate of drug-likeness (QED) is 0.735. The summed E-state index contributed by atoms with van der Waals surface area (Å²) in [7, 11) is 2.12.